The van der Waals surface area contributed by atoms with Crippen molar-refractivity contribution in [3.8, 4) is 5.75 Å². The summed E-state index contributed by atoms with van der Waals surface area (Å²) in [5, 5.41) is 5.31. The number of hydrogen-bond donors (Lipinski definition) is 4. The van der Waals surface area contributed by atoms with Crippen LogP contribution in [0.3, 0.4) is 0 Å². The van der Waals surface area contributed by atoms with E-state index in [1.54, 1.807) is 37.3 Å². The van der Waals surface area contributed by atoms with Crippen LogP contribution in [-0.2, 0) is 16.7 Å². The molecule has 1 aromatic heterocycles. The lowest BCUT2D eigenvalue weighted by Crippen LogP contribution is -2.34. The van der Waals surface area contributed by atoms with E-state index in [2.05, 4.69) is 25.4 Å². The topological polar surface area (TPSA) is 112 Å². The van der Waals surface area contributed by atoms with Crippen LogP contribution in [0.15, 0.2) is 65.9 Å². The van der Waals surface area contributed by atoms with Gasteiger partial charge in [0.2, 0.25) is 5.96 Å². The number of imidazole rings is 1. The molecule has 0 spiro atoms. The van der Waals surface area contributed by atoms with E-state index >= 15 is 0 Å². The fourth-order valence-electron chi connectivity index (χ4n) is 2.94. The summed E-state index contributed by atoms with van der Waals surface area (Å²) in [6.45, 7) is 2.46. The van der Waals surface area contributed by atoms with Crippen LogP contribution in [0.25, 0.3) is 0 Å². The molecule has 0 saturated heterocycles. The highest BCUT2D eigenvalue weighted by molar-refractivity contribution is 7.98. The first kappa shape index (κ1) is 23.9. The van der Waals surface area contributed by atoms with Crippen molar-refractivity contribution in [2.75, 3.05) is 19.3 Å². The highest BCUT2D eigenvalue weighted by Gasteiger charge is 2.24. The Balaban J connectivity index is 1.55. The maximum Gasteiger partial charge on any atom is 0.486 e. The van der Waals surface area contributed by atoms with E-state index in [1.807, 2.05) is 49.4 Å². The maximum atomic E-state index is 12.7. The maximum absolute atomic E-state index is 12.7. The predicted octanol–water partition coefficient (Wildman–Crippen LogP) is 3.89. The molecule has 1 unspecified atom stereocenters. The van der Waals surface area contributed by atoms with Gasteiger partial charge in [-0.2, -0.15) is 11.8 Å². The first-order valence-electron chi connectivity index (χ1n) is 10.2. The van der Waals surface area contributed by atoms with Crippen molar-refractivity contribution in [3.05, 3.63) is 83.4 Å². The van der Waals surface area contributed by atoms with Gasteiger partial charge in [0.1, 0.15) is 5.75 Å². The number of nitrogens with zero attached hydrogens (tertiary/aromatic N) is 2. The molecule has 8 nitrogen and oxygen atoms in total. The second kappa shape index (κ2) is 11.8. The molecule has 0 amide bonds. The number of hydrogen-bond acceptors (Lipinski definition) is 5. The number of nitrogens with one attached hydrogen (secondary N) is 3. The standard InChI is InChI=1S/C22H28N5O3PS/c1-17-20(26-16-25-17)15-32-13-12-24-22(23-2)27-31(28,29)30-21-11-7-6-10-19(21)14-18-8-4-3-5-9-18/h3-11,16H,12-15H2,1-2H3,(H,25,26)(H3,23,24,27,28,29). The molecule has 0 aliphatic carbocycles. The third-order valence-corrected chi connectivity index (χ3v) is 6.48. The number of aryl methyl sites for hydroxylation is 1. The third-order valence-electron chi connectivity index (χ3n) is 4.59. The van der Waals surface area contributed by atoms with Crippen molar-refractivity contribution in [2.45, 2.75) is 19.1 Å². The van der Waals surface area contributed by atoms with Crippen molar-refractivity contribution in [3.63, 3.8) is 0 Å². The quantitative estimate of drug-likeness (QED) is 0.153. The Kier molecular flexibility index (Phi) is 8.79. The van der Waals surface area contributed by atoms with Crippen molar-refractivity contribution in [1.82, 2.24) is 20.4 Å². The number of H-pyrrole nitrogens is 1. The molecule has 3 aromatic rings. The number of guanidine groups is 1. The fraction of sp³-hybridized carbons (Fsp3) is 0.273. The van der Waals surface area contributed by atoms with Gasteiger partial charge >= 0.3 is 7.75 Å². The summed E-state index contributed by atoms with van der Waals surface area (Å²) in [5.41, 5.74) is 3.99. The minimum absolute atomic E-state index is 0.202. The van der Waals surface area contributed by atoms with E-state index in [1.165, 1.54) is 0 Å². The zero-order valence-electron chi connectivity index (χ0n) is 18.1. The van der Waals surface area contributed by atoms with E-state index in [9.17, 15) is 9.46 Å². The van der Waals surface area contributed by atoms with E-state index < -0.39 is 7.75 Å². The molecule has 4 N–H and O–H groups in total. The minimum Gasteiger partial charge on any atom is -0.409 e. The van der Waals surface area contributed by atoms with Gasteiger partial charge in [0.05, 0.1) is 18.6 Å². The van der Waals surface area contributed by atoms with Crippen LogP contribution in [0.1, 0.15) is 22.5 Å². The third kappa shape index (κ3) is 7.44. The van der Waals surface area contributed by atoms with Crippen LogP contribution in [0.5, 0.6) is 5.75 Å². The molecule has 32 heavy (non-hydrogen) atoms. The lowest BCUT2D eigenvalue weighted by atomic mass is 10.0. The second-order valence-corrected chi connectivity index (χ2v) is 9.55. The zero-order chi connectivity index (χ0) is 22.8. The second-order valence-electron chi connectivity index (χ2n) is 7.00. The van der Waals surface area contributed by atoms with Crippen molar-refractivity contribution in [1.29, 1.82) is 0 Å². The van der Waals surface area contributed by atoms with Gasteiger partial charge in [0.25, 0.3) is 0 Å². The molecule has 3 rings (SSSR count). The lowest BCUT2D eigenvalue weighted by Gasteiger charge is -2.18. The summed E-state index contributed by atoms with van der Waals surface area (Å²) in [5.74, 6) is 2.09. The Morgan fingerprint density at radius 1 is 1.22 bits per heavy atom. The summed E-state index contributed by atoms with van der Waals surface area (Å²) < 4.78 is 18.2. The first-order valence-corrected chi connectivity index (χ1v) is 12.9. The molecule has 170 valence electrons. The van der Waals surface area contributed by atoms with Gasteiger partial charge in [-0.1, -0.05) is 48.5 Å². The molecule has 0 aliphatic rings. The lowest BCUT2D eigenvalue weighted by molar-refractivity contribution is 0.372. The first-order chi connectivity index (χ1) is 15.5. The Morgan fingerprint density at radius 3 is 2.69 bits per heavy atom. The molecule has 10 heteroatoms. The molecule has 0 radical (unpaired) electrons. The van der Waals surface area contributed by atoms with Gasteiger partial charge in [0.15, 0.2) is 0 Å². The predicted molar refractivity (Wildman–Crippen MR) is 130 cm³/mol. The SMILES string of the molecule is CN/C(=N/CCSCc1nc[nH]c1C)NP(=O)(O)Oc1ccccc1Cc1ccccc1. The largest absolute Gasteiger partial charge is 0.486 e. The van der Waals surface area contributed by atoms with Crippen molar-refractivity contribution >= 4 is 25.5 Å². The highest BCUT2D eigenvalue weighted by atomic mass is 32.2. The van der Waals surface area contributed by atoms with Gasteiger partial charge in [-0.3, -0.25) is 15.0 Å². The monoisotopic (exact) mass is 473 g/mol. The van der Waals surface area contributed by atoms with E-state index in [0.29, 0.717) is 18.7 Å². The van der Waals surface area contributed by atoms with Crippen LogP contribution < -0.4 is 14.9 Å². The summed E-state index contributed by atoms with van der Waals surface area (Å²) >= 11 is 1.69. The smallest absolute Gasteiger partial charge is 0.409 e. The summed E-state index contributed by atoms with van der Waals surface area (Å²) in [7, 11) is -2.55. The number of thioether (sulfide) groups is 1. The molecule has 2 aromatic carbocycles. The number of benzene rings is 2. The summed E-state index contributed by atoms with van der Waals surface area (Å²) in [6, 6.07) is 17.1. The summed E-state index contributed by atoms with van der Waals surface area (Å²) in [4.78, 5) is 22.1. The average Bonchev–Trinajstić information content (AvgIpc) is 3.19. The zero-order valence-corrected chi connectivity index (χ0v) is 19.8. The molecular formula is C22H28N5O3PS. The Bertz CT molecular complexity index is 1070. The number of aliphatic imine (C=N–C) groups is 1. The summed E-state index contributed by atoms with van der Waals surface area (Å²) in [6.07, 6.45) is 2.28. The number of aromatic nitrogens is 2. The molecular weight excluding hydrogens is 445 g/mol. The Morgan fingerprint density at radius 2 is 1.97 bits per heavy atom. The molecule has 0 aliphatic heterocycles. The Labute approximate surface area is 192 Å². The molecule has 0 fully saturated rings. The normalized spacial score (nSPS) is 13.4. The van der Waals surface area contributed by atoms with Crippen LogP contribution >= 0.6 is 19.5 Å². The van der Waals surface area contributed by atoms with Crippen molar-refractivity contribution < 1.29 is 14.0 Å². The van der Waals surface area contributed by atoms with E-state index in [0.717, 1.165) is 34.0 Å². The number of aromatic amines is 1. The highest BCUT2D eigenvalue weighted by Crippen LogP contribution is 2.40. The van der Waals surface area contributed by atoms with Gasteiger partial charge in [-0.25, -0.2) is 9.55 Å². The molecule has 0 bridgehead atoms. The van der Waals surface area contributed by atoms with Gasteiger partial charge in [-0.05, 0) is 24.1 Å². The average molecular weight is 474 g/mol. The van der Waals surface area contributed by atoms with Gasteiger partial charge in [0, 0.05) is 30.7 Å². The van der Waals surface area contributed by atoms with Gasteiger partial charge < -0.3 is 14.8 Å². The molecule has 0 saturated carbocycles. The fourth-order valence-corrected chi connectivity index (χ4v) is 4.73. The van der Waals surface area contributed by atoms with Crippen LogP contribution in [0.4, 0.5) is 0 Å². The van der Waals surface area contributed by atoms with Crippen LogP contribution in [0.2, 0.25) is 0 Å². The van der Waals surface area contributed by atoms with E-state index in [-0.39, 0.29) is 5.96 Å². The van der Waals surface area contributed by atoms with Gasteiger partial charge in [-0.15, -0.1) is 0 Å². The van der Waals surface area contributed by atoms with Crippen LogP contribution in [-0.4, -0.2) is 40.2 Å². The Hall–Kier alpha value is -2.74. The molecule has 1 atom stereocenters. The van der Waals surface area contributed by atoms with Crippen LogP contribution in [0, 0.1) is 6.92 Å². The minimum atomic E-state index is -4.18. The van der Waals surface area contributed by atoms with E-state index in [4.69, 9.17) is 4.52 Å². The molecule has 1 heterocycles. The number of para-hydroxylation sites is 1. The van der Waals surface area contributed by atoms with Crippen molar-refractivity contribution in [2.24, 2.45) is 4.99 Å². The number of rotatable bonds is 10.